The maximum Gasteiger partial charge on any atom is 0.293 e. The lowest BCUT2D eigenvalue weighted by Gasteiger charge is -2.06. The zero-order valence-corrected chi connectivity index (χ0v) is 13.2. The van der Waals surface area contributed by atoms with Crippen molar-refractivity contribution in [2.75, 3.05) is 12.4 Å². The van der Waals surface area contributed by atoms with Crippen molar-refractivity contribution < 1.29 is 14.3 Å². The quantitative estimate of drug-likeness (QED) is 0.842. The maximum absolute atomic E-state index is 12.0. The number of ether oxygens (including phenoxy) is 1. The van der Waals surface area contributed by atoms with Crippen molar-refractivity contribution in [2.24, 2.45) is 0 Å². The Balaban J connectivity index is 2.12. The third kappa shape index (κ3) is 3.40. The number of carbonyl (C=O) groups excluding carboxylic acids is 2. The topological polar surface area (TPSA) is 90.3 Å². The lowest BCUT2D eigenvalue weighted by molar-refractivity contribution is -0.116. The molecule has 0 saturated heterocycles. The highest BCUT2D eigenvalue weighted by molar-refractivity contribution is 7.17. The van der Waals surface area contributed by atoms with Gasteiger partial charge in [-0.15, -0.1) is 0 Å². The van der Waals surface area contributed by atoms with Crippen LogP contribution in [0.2, 0.25) is 0 Å². The fourth-order valence-corrected chi connectivity index (χ4v) is 2.76. The number of thiazole rings is 1. The van der Waals surface area contributed by atoms with Crippen LogP contribution in [0.5, 0.6) is 5.75 Å². The zero-order valence-electron chi connectivity index (χ0n) is 12.4. The van der Waals surface area contributed by atoms with E-state index in [4.69, 9.17) is 4.74 Å². The third-order valence-electron chi connectivity index (χ3n) is 2.88. The van der Waals surface area contributed by atoms with Crippen molar-refractivity contribution in [2.45, 2.75) is 20.4 Å². The van der Waals surface area contributed by atoms with Gasteiger partial charge in [0.05, 0.1) is 17.7 Å². The van der Waals surface area contributed by atoms with E-state index >= 15 is 0 Å². The van der Waals surface area contributed by atoms with Crippen LogP contribution in [0.15, 0.2) is 23.1 Å². The SMILES string of the molecule is COc1cccn(CC(=O)Nc2nc(C)c(C(C)=O)s2)c1=O. The maximum atomic E-state index is 12.0. The number of aryl methyl sites for hydroxylation is 1. The minimum Gasteiger partial charge on any atom is -0.491 e. The summed E-state index contributed by atoms with van der Waals surface area (Å²) in [6.45, 7) is 2.99. The molecule has 1 amide bonds. The summed E-state index contributed by atoms with van der Waals surface area (Å²) in [6, 6.07) is 3.15. The van der Waals surface area contributed by atoms with Crippen LogP contribution >= 0.6 is 11.3 Å². The normalized spacial score (nSPS) is 10.3. The van der Waals surface area contributed by atoms with Crippen molar-refractivity contribution in [3.8, 4) is 5.75 Å². The van der Waals surface area contributed by atoms with Gasteiger partial charge < -0.3 is 14.6 Å². The van der Waals surface area contributed by atoms with Gasteiger partial charge in [-0.05, 0) is 19.1 Å². The summed E-state index contributed by atoms with van der Waals surface area (Å²) in [6.07, 6.45) is 1.50. The van der Waals surface area contributed by atoms with Gasteiger partial charge in [-0.2, -0.15) is 0 Å². The van der Waals surface area contributed by atoms with E-state index in [9.17, 15) is 14.4 Å². The minimum absolute atomic E-state index is 0.0977. The van der Waals surface area contributed by atoms with Crippen molar-refractivity contribution >= 4 is 28.2 Å². The number of ketones is 1. The average Bonchev–Trinajstić information content (AvgIpc) is 2.82. The molecule has 1 N–H and O–H groups in total. The molecule has 116 valence electrons. The van der Waals surface area contributed by atoms with Crippen LogP contribution in [-0.4, -0.2) is 28.4 Å². The smallest absolute Gasteiger partial charge is 0.293 e. The van der Waals surface area contributed by atoms with Crippen LogP contribution in [0, 0.1) is 6.92 Å². The summed E-state index contributed by atoms with van der Waals surface area (Å²) in [5, 5.41) is 2.92. The van der Waals surface area contributed by atoms with E-state index in [0.29, 0.717) is 15.7 Å². The number of pyridine rings is 1. The predicted molar refractivity (Wildman–Crippen MR) is 82.7 cm³/mol. The molecule has 2 heterocycles. The van der Waals surface area contributed by atoms with Crippen LogP contribution in [0.25, 0.3) is 0 Å². The molecule has 0 saturated carbocycles. The Hall–Kier alpha value is -2.48. The summed E-state index contributed by atoms with van der Waals surface area (Å²) >= 11 is 1.11. The van der Waals surface area contributed by atoms with Gasteiger partial charge in [0.25, 0.3) is 5.56 Å². The fraction of sp³-hybridized carbons (Fsp3) is 0.286. The number of hydrogen-bond acceptors (Lipinski definition) is 6. The van der Waals surface area contributed by atoms with E-state index in [1.807, 2.05) is 0 Å². The lowest BCUT2D eigenvalue weighted by Crippen LogP contribution is -2.27. The number of Topliss-reactive ketones (excluding diaryl/α,β-unsaturated/α-hetero) is 1. The van der Waals surface area contributed by atoms with Gasteiger partial charge in [0.15, 0.2) is 16.7 Å². The molecular weight excluding hydrogens is 306 g/mol. The summed E-state index contributed by atoms with van der Waals surface area (Å²) in [7, 11) is 1.39. The monoisotopic (exact) mass is 321 g/mol. The van der Waals surface area contributed by atoms with Gasteiger partial charge >= 0.3 is 0 Å². The van der Waals surface area contributed by atoms with Gasteiger partial charge in [0.1, 0.15) is 6.54 Å². The first-order valence-electron chi connectivity index (χ1n) is 6.44. The number of nitrogens with zero attached hydrogens (tertiary/aromatic N) is 2. The summed E-state index contributed by atoms with van der Waals surface area (Å²) in [4.78, 5) is 39.9. The first kappa shape index (κ1) is 15.9. The van der Waals surface area contributed by atoms with E-state index in [1.54, 1.807) is 13.0 Å². The molecule has 0 bridgehead atoms. The standard InChI is InChI=1S/C14H15N3O4S/c1-8-12(9(2)18)22-14(15-8)16-11(19)7-17-6-4-5-10(21-3)13(17)20/h4-6H,7H2,1-3H3,(H,15,16,19). The first-order chi connectivity index (χ1) is 10.4. The molecule has 22 heavy (non-hydrogen) atoms. The number of anilines is 1. The Labute approximate surface area is 130 Å². The molecule has 0 radical (unpaired) electrons. The number of hydrogen-bond donors (Lipinski definition) is 1. The molecule has 0 aliphatic carbocycles. The van der Waals surface area contributed by atoms with Crippen LogP contribution < -0.4 is 15.6 Å². The fourth-order valence-electron chi connectivity index (χ4n) is 1.88. The Morgan fingerprint density at radius 3 is 2.77 bits per heavy atom. The Morgan fingerprint density at radius 2 is 2.18 bits per heavy atom. The van der Waals surface area contributed by atoms with Crippen molar-refractivity contribution in [3.05, 3.63) is 39.3 Å². The molecule has 0 aliphatic rings. The predicted octanol–water partition coefficient (Wildman–Crippen LogP) is 1.46. The summed E-state index contributed by atoms with van der Waals surface area (Å²) in [5.41, 5.74) is 0.186. The van der Waals surface area contributed by atoms with Gasteiger partial charge in [0.2, 0.25) is 5.91 Å². The van der Waals surface area contributed by atoms with Gasteiger partial charge in [-0.1, -0.05) is 11.3 Å². The third-order valence-corrected chi connectivity index (χ3v) is 4.06. The van der Waals surface area contributed by atoms with Gasteiger partial charge in [0, 0.05) is 13.1 Å². The highest BCUT2D eigenvalue weighted by Gasteiger charge is 2.14. The molecule has 0 atom stereocenters. The highest BCUT2D eigenvalue weighted by Crippen LogP contribution is 2.22. The Bertz CT molecular complexity index is 779. The Kier molecular flexibility index (Phi) is 4.71. The number of rotatable bonds is 5. The number of methoxy groups -OCH3 is 1. The number of carbonyl (C=O) groups is 2. The van der Waals surface area contributed by atoms with Crippen molar-refractivity contribution in [1.29, 1.82) is 0 Å². The van der Waals surface area contributed by atoms with Crippen LogP contribution in [0.3, 0.4) is 0 Å². The van der Waals surface area contributed by atoms with Crippen molar-refractivity contribution in [1.82, 2.24) is 9.55 Å². The second kappa shape index (κ2) is 6.52. The first-order valence-corrected chi connectivity index (χ1v) is 7.25. The molecule has 0 aliphatic heterocycles. The van der Waals surface area contributed by atoms with Crippen LogP contribution in [0.4, 0.5) is 5.13 Å². The van der Waals surface area contributed by atoms with E-state index in [0.717, 1.165) is 11.3 Å². The molecule has 2 rings (SSSR count). The Morgan fingerprint density at radius 1 is 1.45 bits per heavy atom. The molecule has 7 nitrogen and oxygen atoms in total. The molecular formula is C14H15N3O4S. The number of aromatic nitrogens is 2. The summed E-state index contributed by atoms with van der Waals surface area (Å²) in [5.74, 6) is -0.335. The largest absolute Gasteiger partial charge is 0.491 e. The second-order valence-electron chi connectivity index (χ2n) is 4.55. The summed E-state index contributed by atoms with van der Waals surface area (Å²) < 4.78 is 6.15. The molecule has 8 heteroatoms. The molecule has 0 unspecified atom stereocenters. The van der Waals surface area contributed by atoms with Crippen LogP contribution in [-0.2, 0) is 11.3 Å². The van der Waals surface area contributed by atoms with E-state index in [-0.39, 0.29) is 23.6 Å². The molecule has 0 fully saturated rings. The van der Waals surface area contributed by atoms with Gasteiger partial charge in [-0.25, -0.2) is 4.98 Å². The minimum atomic E-state index is -0.404. The number of amides is 1. The second-order valence-corrected chi connectivity index (χ2v) is 5.55. The zero-order chi connectivity index (χ0) is 16.3. The molecule has 0 aromatic carbocycles. The molecule has 2 aromatic heterocycles. The van der Waals surface area contributed by atoms with E-state index in [2.05, 4.69) is 10.3 Å². The van der Waals surface area contributed by atoms with E-state index in [1.165, 1.54) is 30.9 Å². The average molecular weight is 321 g/mol. The highest BCUT2D eigenvalue weighted by atomic mass is 32.1. The molecule has 2 aromatic rings. The number of nitrogens with one attached hydrogen (secondary N) is 1. The van der Waals surface area contributed by atoms with E-state index < -0.39 is 5.91 Å². The van der Waals surface area contributed by atoms with Crippen molar-refractivity contribution in [3.63, 3.8) is 0 Å². The lowest BCUT2D eigenvalue weighted by atomic mass is 10.3. The molecule has 0 spiro atoms. The van der Waals surface area contributed by atoms with Crippen LogP contribution in [0.1, 0.15) is 22.3 Å². The van der Waals surface area contributed by atoms with Gasteiger partial charge in [-0.3, -0.25) is 14.4 Å².